The number of hydrogen-bond donors (Lipinski definition) is 2. The second-order valence-corrected chi connectivity index (χ2v) is 5.56. The number of benzene rings is 2. The van der Waals surface area contributed by atoms with Crippen LogP contribution >= 0.6 is 0 Å². The first-order valence-corrected chi connectivity index (χ1v) is 8.03. The minimum absolute atomic E-state index is 0.238. The Morgan fingerprint density at radius 1 is 1.08 bits per heavy atom. The minimum atomic E-state index is 0.238. The maximum absolute atomic E-state index is 5.36. The van der Waals surface area contributed by atoms with Crippen molar-refractivity contribution >= 4 is 17.5 Å². The summed E-state index contributed by atoms with van der Waals surface area (Å²) in [5.41, 5.74) is 1.90. The molecular weight excluding hydrogens is 334 g/mol. The number of fused-ring (bicyclic) bond motifs is 1. The molecule has 2 heterocycles. The number of nitrogens with zero attached hydrogens (tertiary/aromatic N) is 3. The van der Waals surface area contributed by atoms with E-state index in [1.54, 1.807) is 13.3 Å². The number of ether oxygens (including phenoxy) is 3. The second kappa shape index (κ2) is 7.14. The highest BCUT2D eigenvalue weighted by molar-refractivity contribution is 5.60. The van der Waals surface area contributed by atoms with Gasteiger partial charge in [-0.2, -0.15) is 10.1 Å². The average Bonchev–Trinajstić information content (AvgIpc) is 3.15. The summed E-state index contributed by atoms with van der Waals surface area (Å²) in [5, 5.41) is 14.3. The molecule has 8 nitrogen and oxygen atoms in total. The molecule has 0 saturated carbocycles. The largest absolute Gasteiger partial charge is 0.497 e. The third kappa shape index (κ3) is 3.59. The van der Waals surface area contributed by atoms with Gasteiger partial charge < -0.3 is 24.8 Å². The molecule has 132 valence electrons. The van der Waals surface area contributed by atoms with E-state index in [0.717, 1.165) is 22.7 Å². The molecule has 26 heavy (non-hydrogen) atoms. The fraction of sp³-hybridized carbons (Fsp3) is 0.167. The maximum atomic E-state index is 5.36. The van der Waals surface area contributed by atoms with Gasteiger partial charge in [0.15, 0.2) is 17.3 Å². The predicted molar refractivity (Wildman–Crippen MR) is 96.0 cm³/mol. The Hall–Kier alpha value is -3.55. The van der Waals surface area contributed by atoms with Crippen LogP contribution in [0, 0.1) is 0 Å². The van der Waals surface area contributed by atoms with Gasteiger partial charge in [-0.05, 0) is 29.8 Å². The van der Waals surface area contributed by atoms with Gasteiger partial charge in [-0.15, -0.1) is 5.10 Å². The molecule has 0 spiro atoms. The third-order valence-corrected chi connectivity index (χ3v) is 3.82. The van der Waals surface area contributed by atoms with Gasteiger partial charge in [0, 0.05) is 18.3 Å². The summed E-state index contributed by atoms with van der Waals surface area (Å²) in [6, 6.07) is 13.4. The number of hydrogen-bond acceptors (Lipinski definition) is 8. The summed E-state index contributed by atoms with van der Waals surface area (Å²) in [6.07, 6.45) is 1.58. The van der Waals surface area contributed by atoms with Crippen molar-refractivity contribution in [2.75, 3.05) is 24.5 Å². The summed E-state index contributed by atoms with van der Waals surface area (Å²) in [5.74, 6) is 3.26. The lowest BCUT2D eigenvalue weighted by atomic mass is 10.2. The van der Waals surface area contributed by atoms with Crippen LogP contribution < -0.4 is 24.8 Å². The summed E-state index contributed by atoms with van der Waals surface area (Å²) in [6.45, 7) is 0.855. The summed E-state index contributed by atoms with van der Waals surface area (Å²) in [7, 11) is 1.65. The Bertz CT molecular complexity index is 902. The molecule has 0 amide bonds. The zero-order chi connectivity index (χ0) is 17.8. The van der Waals surface area contributed by atoms with Crippen LogP contribution in [0.1, 0.15) is 5.56 Å². The highest BCUT2D eigenvalue weighted by atomic mass is 16.7. The lowest BCUT2D eigenvalue weighted by molar-refractivity contribution is 0.174. The molecule has 0 radical (unpaired) electrons. The first kappa shape index (κ1) is 15.9. The van der Waals surface area contributed by atoms with Crippen LogP contribution in [0.3, 0.4) is 0 Å². The molecule has 1 aliphatic rings. The molecule has 0 aliphatic carbocycles. The van der Waals surface area contributed by atoms with Crippen molar-refractivity contribution in [1.29, 1.82) is 0 Å². The third-order valence-electron chi connectivity index (χ3n) is 3.82. The van der Waals surface area contributed by atoms with Crippen LogP contribution in [0.2, 0.25) is 0 Å². The smallest absolute Gasteiger partial charge is 0.249 e. The summed E-state index contributed by atoms with van der Waals surface area (Å²) < 4.78 is 15.8. The van der Waals surface area contributed by atoms with Gasteiger partial charge >= 0.3 is 0 Å². The molecule has 2 N–H and O–H groups in total. The van der Waals surface area contributed by atoms with E-state index in [1.807, 2.05) is 42.5 Å². The van der Waals surface area contributed by atoms with Gasteiger partial charge in [-0.3, -0.25) is 0 Å². The van der Waals surface area contributed by atoms with E-state index in [9.17, 15) is 0 Å². The van der Waals surface area contributed by atoms with Crippen LogP contribution in [-0.4, -0.2) is 29.1 Å². The van der Waals surface area contributed by atoms with Crippen molar-refractivity contribution in [1.82, 2.24) is 15.2 Å². The second-order valence-electron chi connectivity index (χ2n) is 5.56. The topological polar surface area (TPSA) is 90.4 Å². The van der Waals surface area contributed by atoms with Crippen molar-refractivity contribution in [2.24, 2.45) is 0 Å². The Labute approximate surface area is 150 Å². The van der Waals surface area contributed by atoms with E-state index in [4.69, 9.17) is 14.2 Å². The number of nitrogens with one attached hydrogen (secondary N) is 2. The summed E-state index contributed by atoms with van der Waals surface area (Å²) in [4.78, 5) is 4.42. The van der Waals surface area contributed by atoms with Crippen molar-refractivity contribution < 1.29 is 14.2 Å². The Kier molecular flexibility index (Phi) is 4.38. The molecule has 0 fully saturated rings. The number of anilines is 3. The highest BCUT2D eigenvalue weighted by Gasteiger charge is 2.13. The van der Waals surface area contributed by atoms with E-state index >= 15 is 0 Å². The molecule has 0 atom stereocenters. The van der Waals surface area contributed by atoms with Gasteiger partial charge in [-0.25, -0.2) is 0 Å². The molecule has 2 aromatic carbocycles. The van der Waals surface area contributed by atoms with Crippen LogP contribution in [0.4, 0.5) is 17.5 Å². The number of aromatic nitrogens is 3. The van der Waals surface area contributed by atoms with E-state index in [-0.39, 0.29) is 6.79 Å². The molecule has 1 aliphatic heterocycles. The SMILES string of the molecule is COc1ccc(CNc2cnnc(Nc3ccc4c(c3)OCO4)n2)cc1. The lowest BCUT2D eigenvalue weighted by Crippen LogP contribution is -2.05. The van der Waals surface area contributed by atoms with Crippen LogP contribution in [0.15, 0.2) is 48.7 Å². The predicted octanol–water partition coefficient (Wildman–Crippen LogP) is 2.96. The molecule has 8 heteroatoms. The zero-order valence-electron chi connectivity index (χ0n) is 14.1. The fourth-order valence-electron chi connectivity index (χ4n) is 2.48. The highest BCUT2D eigenvalue weighted by Crippen LogP contribution is 2.34. The monoisotopic (exact) mass is 351 g/mol. The van der Waals surface area contributed by atoms with Crippen molar-refractivity contribution in [3.05, 3.63) is 54.2 Å². The lowest BCUT2D eigenvalue weighted by Gasteiger charge is -2.08. The quantitative estimate of drug-likeness (QED) is 0.700. The Balaban J connectivity index is 1.41. The van der Waals surface area contributed by atoms with E-state index in [2.05, 4.69) is 25.8 Å². The van der Waals surface area contributed by atoms with Crippen LogP contribution in [0.25, 0.3) is 0 Å². The molecule has 0 unspecified atom stereocenters. The molecular formula is C18H17N5O3. The van der Waals surface area contributed by atoms with Gasteiger partial charge in [0.05, 0.1) is 13.3 Å². The maximum Gasteiger partial charge on any atom is 0.249 e. The standard InChI is InChI=1S/C18H17N5O3/c1-24-14-5-2-12(3-6-14)9-19-17-10-20-23-18(22-17)21-13-4-7-15-16(8-13)26-11-25-15/h2-8,10H,9,11H2,1H3,(H2,19,21,22,23). The van der Waals surface area contributed by atoms with Gasteiger partial charge in [0.1, 0.15) is 5.75 Å². The first-order chi connectivity index (χ1) is 12.8. The van der Waals surface area contributed by atoms with Crippen molar-refractivity contribution in [3.63, 3.8) is 0 Å². The molecule has 0 saturated heterocycles. The first-order valence-electron chi connectivity index (χ1n) is 8.03. The van der Waals surface area contributed by atoms with E-state index in [0.29, 0.717) is 24.1 Å². The average molecular weight is 351 g/mol. The Morgan fingerprint density at radius 2 is 1.92 bits per heavy atom. The van der Waals surface area contributed by atoms with Crippen molar-refractivity contribution in [2.45, 2.75) is 6.54 Å². The normalized spacial score (nSPS) is 11.9. The molecule has 3 aromatic rings. The Morgan fingerprint density at radius 3 is 2.77 bits per heavy atom. The molecule has 0 bridgehead atoms. The zero-order valence-corrected chi connectivity index (χ0v) is 14.1. The van der Waals surface area contributed by atoms with E-state index < -0.39 is 0 Å². The summed E-state index contributed by atoms with van der Waals surface area (Å²) >= 11 is 0. The van der Waals surface area contributed by atoms with Crippen LogP contribution in [0.5, 0.6) is 17.2 Å². The van der Waals surface area contributed by atoms with Crippen molar-refractivity contribution in [3.8, 4) is 17.2 Å². The fourth-order valence-corrected chi connectivity index (χ4v) is 2.48. The van der Waals surface area contributed by atoms with Gasteiger partial charge in [-0.1, -0.05) is 12.1 Å². The number of methoxy groups -OCH3 is 1. The minimum Gasteiger partial charge on any atom is -0.497 e. The van der Waals surface area contributed by atoms with Crippen LogP contribution in [-0.2, 0) is 6.54 Å². The van der Waals surface area contributed by atoms with Gasteiger partial charge in [0.2, 0.25) is 12.7 Å². The molecule has 1 aromatic heterocycles. The van der Waals surface area contributed by atoms with Gasteiger partial charge in [0.25, 0.3) is 0 Å². The number of rotatable bonds is 6. The molecule has 4 rings (SSSR count). The van der Waals surface area contributed by atoms with E-state index in [1.165, 1.54) is 0 Å².